The molecule has 1 amide bonds. The molecule has 1 fully saturated rings. The highest BCUT2D eigenvalue weighted by Gasteiger charge is 2.51. The summed E-state index contributed by atoms with van der Waals surface area (Å²) >= 11 is 5.96. The predicted octanol–water partition coefficient (Wildman–Crippen LogP) is 3.04. The number of nitrogens with zero attached hydrogens (tertiary/aromatic N) is 1. The van der Waals surface area contributed by atoms with Crippen LogP contribution in [-0.2, 0) is 21.2 Å². The lowest BCUT2D eigenvalue weighted by atomic mass is 10.1. The molecule has 6 heteroatoms. The quantitative estimate of drug-likeness (QED) is 0.797. The smallest absolute Gasteiger partial charge is 0.243 e. The molecular formula is C16H22ClNO3S. The van der Waals surface area contributed by atoms with Crippen LogP contribution >= 0.6 is 11.6 Å². The molecule has 0 bridgehead atoms. The van der Waals surface area contributed by atoms with Crippen LogP contribution in [0.5, 0.6) is 0 Å². The van der Waals surface area contributed by atoms with Crippen LogP contribution in [0, 0.1) is 0 Å². The minimum atomic E-state index is -3.44. The van der Waals surface area contributed by atoms with Crippen molar-refractivity contribution in [2.75, 3.05) is 6.54 Å². The van der Waals surface area contributed by atoms with Gasteiger partial charge in [0.05, 0.1) is 5.25 Å². The van der Waals surface area contributed by atoms with E-state index in [2.05, 4.69) is 0 Å². The molecule has 1 saturated carbocycles. The lowest BCUT2D eigenvalue weighted by molar-refractivity contribution is -0.133. The maximum atomic E-state index is 12.8. The molecule has 4 nitrogen and oxygen atoms in total. The summed E-state index contributed by atoms with van der Waals surface area (Å²) in [4.78, 5) is 14.4. The summed E-state index contributed by atoms with van der Waals surface area (Å²) in [6.07, 6.45) is 1.33. The summed E-state index contributed by atoms with van der Waals surface area (Å²) < 4.78 is 23.6. The Balaban J connectivity index is 2.21. The first-order valence-corrected chi connectivity index (χ1v) is 9.40. The molecule has 2 rings (SSSR count). The second-order valence-electron chi connectivity index (χ2n) is 6.20. The zero-order chi connectivity index (χ0) is 16.5. The van der Waals surface area contributed by atoms with E-state index in [-0.39, 0.29) is 11.2 Å². The van der Waals surface area contributed by atoms with Crippen molar-refractivity contribution in [1.82, 2.24) is 4.90 Å². The van der Waals surface area contributed by atoms with E-state index in [1.807, 2.05) is 19.1 Å². The van der Waals surface area contributed by atoms with Crippen molar-refractivity contribution in [3.63, 3.8) is 0 Å². The standard InChI is InChI=1S/C16H22ClNO3S/c1-4-18(11-12-6-5-7-13(17)10-12)15(19)16(2,3)22(20,21)14-8-9-14/h5-7,10,14H,4,8-9,11H2,1-3H3. The van der Waals surface area contributed by atoms with Gasteiger partial charge in [-0.25, -0.2) is 8.42 Å². The van der Waals surface area contributed by atoms with E-state index in [0.717, 1.165) is 5.56 Å². The molecule has 22 heavy (non-hydrogen) atoms. The number of hydrogen-bond acceptors (Lipinski definition) is 3. The van der Waals surface area contributed by atoms with Gasteiger partial charge in [0.25, 0.3) is 0 Å². The van der Waals surface area contributed by atoms with Crippen LogP contribution in [0.2, 0.25) is 5.02 Å². The fraction of sp³-hybridized carbons (Fsp3) is 0.562. The number of benzene rings is 1. The molecule has 1 aromatic rings. The van der Waals surface area contributed by atoms with Gasteiger partial charge in [0, 0.05) is 18.1 Å². The first-order chi connectivity index (χ1) is 10.2. The van der Waals surface area contributed by atoms with Gasteiger partial charge in [-0.1, -0.05) is 23.7 Å². The zero-order valence-electron chi connectivity index (χ0n) is 13.2. The Morgan fingerprint density at radius 1 is 1.36 bits per heavy atom. The Hall–Kier alpha value is -1.07. The third-order valence-corrected chi connectivity index (χ3v) is 7.30. The summed E-state index contributed by atoms with van der Waals surface area (Å²) in [6, 6.07) is 7.26. The highest BCUT2D eigenvalue weighted by atomic mass is 35.5. The number of rotatable bonds is 6. The Morgan fingerprint density at radius 3 is 2.50 bits per heavy atom. The average molecular weight is 344 g/mol. The lowest BCUT2D eigenvalue weighted by Gasteiger charge is -2.31. The summed E-state index contributed by atoms with van der Waals surface area (Å²) in [7, 11) is -3.44. The van der Waals surface area contributed by atoms with Gasteiger partial charge in [0.1, 0.15) is 4.75 Å². The van der Waals surface area contributed by atoms with Gasteiger partial charge >= 0.3 is 0 Å². The summed E-state index contributed by atoms with van der Waals surface area (Å²) in [5, 5.41) is 0.252. The van der Waals surface area contributed by atoms with Crippen molar-refractivity contribution in [2.24, 2.45) is 0 Å². The molecule has 0 saturated heterocycles. The van der Waals surface area contributed by atoms with Gasteiger partial charge in [0.15, 0.2) is 9.84 Å². The number of hydrogen-bond donors (Lipinski definition) is 0. The Bertz CT molecular complexity index is 666. The average Bonchev–Trinajstić information content (AvgIpc) is 3.28. The SMILES string of the molecule is CCN(Cc1cccc(Cl)c1)C(=O)C(C)(C)S(=O)(=O)C1CC1. The van der Waals surface area contributed by atoms with E-state index in [1.165, 1.54) is 13.8 Å². The minimum absolute atomic E-state index is 0.345. The van der Waals surface area contributed by atoms with E-state index in [9.17, 15) is 13.2 Å². The first kappa shape index (κ1) is 17.3. The molecule has 0 spiro atoms. The molecule has 0 N–H and O–H groups in total. The fourth-order valence-electron chi connectivity index (χ4n) is 2.48. The van der Waals surface area contributed by atoms with Crippen molar-refractivity contribution >= 4 is 27.3 Å². The van der Waals surface area contributed by atoms with Crippen LogP contribution in [0.1, 0.15) is 39.2 Å². The predicted molar refractivity (Wildman–Crippen MR) is 88.6 cm³/mol. The molecule has 0 atom stereocenters. The van der Waals surface area contributed by atoms with E-state index in [4.69, 9.17) is 11.6 Å². The molecule has 0 unspecified atom stereocenters. The van der Waals surface area contributed by atoms with Crippen molar-refractivity contribution in [3.8, 4) is 0 Å². The third-order valence-electron chi connectivity index (χ3n) is 4.12. The largest absolute Gasteiger partial charge is 0.337 e. The van der Waals surface area contributed by atoms with Crippen molar-refractivity contribution in [1.29, 1.82) is 0 Å². The molecule has 1 aliphatic carbocycles. The molecule has 1 aliphatic rings. The third kappa shape index (κ3) is 3.30. The molecule has 0 aliphatic heterocycles. The van der Waals surface area contributed by atoms with E-state index in [1.54, 1.807) is 17.0 Å². The Morgan fingerprint density at radius 2 is 2.00 bits per heavy atom. The normalized spacial score (nSPS) is 15.6. The van der Waals surface area contributed by atoms with E-state index < -0.39 is 14.6 Å². The van der Waals surface area contributed by atoms with Gasteiger partial charge in [0.2, 0.25) is 5.91 Å². The van der Waals surface area contributed by atoms with Crippen molar-refractivity contribution in [2.45, 2.75) is 50.2 Å². The Labute approximate surface area is 137 Å². The van der Waals surface area contributed by atoms with Gasteiger partial charge < -0.3 is 4.90 Å². The monoisotopic (exact) mass is 343 g/mol. The van der Waals surface area contributed by atoms with Gasteiger partial charge in [-0.3, -0.25) is 4.79 Å². The van der Waals surface area contributed by atoms with Crippen LogP contribution in [-0.4, -0.2) is 35.8 Å². The second kappa shape index (κ2) is 6.20. The maximum Gasteiger partial charge on any atom is 0.243 e. The topological polar surface area (TPSA) is 54.5 Å². The summed E-state index contributed by atoms with van der Waals surface area (Å²) in [6.45, 7) is 5.70. The van der Waals surface area contributed by atoms with Crippen LogP contribution < -0.4 is 0 Å². The van der Waals surface area contributed by atoms with Gasteiger partial charge in [-0.05, 0) is 51.3 Å². The first-order valence-electron chi connectivity index (χ1n) is 7.47. The molecule has 0 heterocycles. The number of halogens is 1. The van der Waals surface area contributed by atoms with Crippen molar-refractivity contribution in [3.05, 3.63) is 34.9 Å². The minimum Gasteiger partial charge on any atom is -0.337 e. The number of amides is 1. The van der Waals surface area contributed by atoms with Crippen molar-refractivity contribution < 1.29 is 13.2 Å². The molecule has 122 valence electrons. The number of carbonyl (C=O) groups excluding carboxylic acids is 1. The van der Waals surface area contributed by atoms with Crippen LogP contribution in [0.3, 0.4) is 0 Å². The van der Waals surface area contributed by atoms with E-state index >= 15 is 0 Å². The molecule has 1 aromatic carbocycles. The number of carbonyl (C=O) groups is 1. The lowest BCUT2D eigenvalue weighted by Crippen LogP contribution is -2.50. The molecule has 0 radical (unpaired) electrons. The van der Waals surface area contributed by atoms with Crippen LogP contribution in [0.4, 0.5) is 0 Å². The van der Waals surface area contributed by atoms with Gasteiger partial charge in [-0.2, -0.15) is 0 Å². The fourth-order valence-corrected chi connectivity index (χ4v) is 4.66. The number of sulfone groups is 1. The van der Waals surface area contributed by atoms with Crippen LogP contribution in [0.25, 0.3) is 0 Å². The maximum absolute atomic E-state index is 12.8. The zero-order valence-corrected chi connectivity index (χ0v) is 14.7. The summed E-state index contributed by atoms with van der Waals surface area (Å²) in [5.41, 5.74) is 0.891. The summed E-state index contributed by atoms with van der Waals surface area (Å²) in [5.74, 6) is -0.345. The second-order valence-corrected chi connectivity index (χ2v) is 9.42. The Kier molecular flexibility index (Phi) is 4.87. The van der Waals surface area contributed by atoms with Gasteiger partial charge in [-0.15, -0.1) is 0 Å². The van der Waals surface area contributed by atoms with Crippen LogP contribution in [0.15, 0.2) is 24.3 Å². The van der Waals surface area contributed by atoms with E-state index in [0.29, 0.717) is 31.0 Å². The molecular weight excluding hydrogens is 322 g/mol. The highest BCUT2D eigenvalue weighted by Crippen LogP contribution is 2.37. The highest BCUT2D eigenvalue weighted by molar-refractivity contribution is 7.94. The molecule has 0 aromatic heterocycles.